The molecule has 2 rings (SSSR count). The normalized spacial score (nSPS) is 32.5. The fraction of sp³-hybridized carbons (Fsp3) is 1.00. The van der Waals surface area contributed by atoms with Gasteiger partial charge in [-0.3, -0.25) is 5.32 Å². The molecule has 2 nitrogen and oxygen atoms in total. The highest BCUT2D eigenvalue weighted by atomic mass is 16.5. The highest BCUT2D eigenvalue weighted by Gasteiger charge is 2.43. The van der Waals surface area contributed by atoms with Crippen LogP contribution in [-0.2, 0) is 4.74 Å². The first-order valence-corrected chi connectivity index (χ1v) is 5.07. The molecule has 2 heteroatoms. The topological polar surface area (TPSA) is 21.3 Å². The Morgan fingerprint density at radius 1 is 1.08 bits per heavy atom. The molecule has 0 atom stereocenters. The van der Waals surface area contributed by atoms with Crippen molar-refractivity contribution in [3.05, 3.63) is 0 Å². The van der Waals surface area contributed by atoms with Crippen LogP contribution in [0.15, 0.2) is 0 Å². The van der Waals surface area contributed by atoms with Gasteiger partial charge in [-0.1, -0.05) is 6.42 Å². The second-order valence-corrected chi connectivity index (χ2v) is 4.77. The smallest absolute Gasteiger partial charge is 0.120 e. The van der Waals surface area contributed by atoms with Crippen LogP contribution in [0.1, 0.15) is 46.0 Å². The molecule has 0 radical (unpaired) electrons. The highest BCUT2D eigenvalue weighted by Crippen LogP contribution is 2.36. The molecule has 0 aromatic carbocycles. The zero-order chi connectivity index (χ0) is 8.66. The predicted octanol–water partition coefficient (Wildman–Crippen LogP) is 2.05. The molecule has 1 aliphatic heterocycles. The maximum absolute atomic E-state index is 6.07. The number of rotatable bonds is 0. The third-order valence-corrected chi connectivity index (χ3v) is 2.97. The summed E-state index contributed by atoms with van der Waals surface area (Å²) in [4.78, 5) is 0. The number of nitrogens with one attached hydrogen (secondary N) is 1. The van der Waals surface area contributed by atoms with Crippen LogP contribution in [0.4, 0.5) is 0 Å². The van der Waals surface area contributed by atoms with Crippen LogP contribution >= 0.6 is 0 Å². The van der Waals surface area contributed by atoms with Gasteiger partial charge in [0.15, 0.2) is 0 Å². The van der Waals surface area contributed by atoms with Crippen molar-refractivity contribution in [1.82, 2.24) is 5.32 Å². The van der Waals surface area contributed by atoms with Gasteiger partial charge >= 0.3 is 0 Å². The highest BCUT2D eigenvalue weighted by molar-refractivity contribution is 4.93. The monoisotopic (exact) mass is 169 g/mol. The zero-order valence-corrected chi connectivity index (χ0v) is 8.15. The average molecular weight is 169 g/mol. The maximum Gasteiger partial charge on any atom is 0.120 e. The lowest BCUT2D eigenvalue weighted by Gasteiger charge is -2.34. The molecule has 0 aromatic rings. The van der Waals surface area contributed by atoms with E-state index in [0.29, 0.717) is 0 Å². The largest absolute Gasteiger partial charge is 0.353 e. The minimum Gasteiger partial charge on any atom is -0.353 e. The van der Waals surface area contributed by atoms with Crippen LogP contribution < -0.4 is 5.32 Å². The Balaban J connectivity index is 2.03. The van der Waals surface area contributed by atoms with Gasteiger partial charge in [-0.25, -0.2) is 0 Å². The molecule has 0 aromatic heterocycles. The van der Waals surface area contributed by atoms with Crippen LogP contribution in [0.3, 0.4) is 0 Å². The lowest BCUT2D eigenvalue weighted by molar-refractivity contribution is -0.108. The van der Waals surface area contributed by atoms with Crippen LogP contribution in [0.25, 0.3) is 0 Å². The van der Waals surface area contributed by atoms with E-state index in [9.17, 15) is 0 Å². The molecule has 1 heterocycles. The Morgan fingerprint density at radius 2 is 1.75 bits per heavy atom. The molecule has 1 saturated heterocycles. The van der Waals surface area contributed by atoms with E-state index in [1.807, 2.05) is 0 Å². The van der Waals surface area contributed by atoms with E-state index in [1.165, 1.54) is 32.1 Å². The summed E-state index contributed by atoms with van der Waals surface area (Å²) in [5.41, 5.74) is 0.110. The zero-order valence-electron chi connectivity index (χ0n) is 8.15. The maximum atomic E-state index is 6.07. The van der Waals surface area contributed by atoms with Gasteiger partial charge in [0.2, 0.25) is 0 Å². The lowest BCUT2D eigenvalue weighted by Crippen LogP contribution is -2.42. The molecule has 2 fully saturated rings. The van der Waals surface area contributed by atoms with E-state index in [4.69, 9.17) is 4.74 Å². The number of hydrogen-bond acceptors (Lipinski definition) is 2. The summed E-state index contributed by atoms with van der Waals surface area (Å²) in [7, 11) is 0. The van der Waals surface area contributed by atoms with Crippen LogP contribution in [0, 0.1) is 0 Å². The first-order valence-electron chi connectivity index (χ1n) is 5.07. The minimum atomic E-state index is 0.0529. The van der Waals surface area contributed by atoms with Crippen LogP contribution in [-0.4, -0.2) is 17.9 Å². The quantitative estimate of drug-likeness (QED) is 0.599. The lowest BCUT2D eigenvalue weighted by atomic mass is 9.92. The predicted molar refractivity (Wildman–Crippen MR) is 49.0 cm³/mol. The Hall–Kier alpha value is -0.0800. The van der Waals surface area contributed by atoms with Crippen molar-refractivity contribution >= 4 is 0 Å². The number of ether oxygens (including phenoxy) is 1. The van der Waals surface area contributed by atoms with Crippen molar-refractivity contribution in [2.45, 2.75) is 57.3 Å². The summed E-state index contributed by atoms with van der Waals surface area (Å²) in [6.45, 7) is 5.35. The van der Waals surface area contributed by atoms with Crippen molar-refractivity contribution < 1.29 is 4.74 Å². The third kappa shape index (κ3) is 1.50. The Labute approximate surface area is 74.7 Å². The summed E-state index contributed by atoms with van der Waals surface area (Å²) < 4.78 is 6.07. The van der Waals surface area contributed by atoms with Crippen LogP contribution in [0.2, 0.25) is 0 Å². The third-order valence-electron chi connectivity index (χ3n) is 2.97. The van der Waals surface area contributed by atoms with Crippen molar-refractivity contribution in [3.8, 4) is 0 Å². The minimum absolute atomic E-state index is 0.0529. The van der Waals surface area contributed by atoms with E-state index in [2.05, 4.69) is 19.2 Å². The first kappa shape index (κ1) is 8.52. The summed E-state index contributed by atoms with van der Waals surface area (Å²) in [6, 6.07) is 0. The van der Waals surface area contributed by atoms with E-state index in [0.717, 1.165) is 6.54 Å². The van der Waals surface area contributed by atoms with E-state index < -0.39 is 0 Å². The molecule has 1 spiro atoms. The van der Waals surface area contributed by atoms with Gasteiger partial charge in [0, 0.05) is 6.54 Å². The van der Waals surface area contributed by atoms with Crippen LogP contribution in [0.5, 0.6) is 0 Å². The Bertz CT molecular complexity index is 171. The van der Waals surface area contributed by atoms with Gasteiger partial charge < -0.3 is 4.74 Å². The van der Waals surface area contributed by atoms with Gasteiger partial charge in [-0.15, -0.1) is 0 Å². The standard InChI is InChI=1S/C10H19NO/c1-9(2)8-11-10(12-9)6-4-3-5-7-10/h11H,3-8H2,1-2H3. The summed E-state index contributed by atoms with van der Waals surface area (Å²) >= 11 is 0. The van der Waals surface area contributed by atoms with Gasteiger partial charge in [0.1, 0.15) is 5.72 Å². The summed E-state index contributed by atoms with van der Waals surface area (Å²) in [5, 5.41) is 3.54. The van der Waals surface area contributed by atoms with Gasteiger partial charge in [0.05, 0.1) is 5.60 Å². The molecule has 0 bridgehead atoms. The van der Waals surface area contributed by atoms with Crippen molar-refractivity contribution in [2.75, 3.05) is 6.54 Å². The molecule has 1 aliphatic carbocycles. The summed E-state index contributed by atoms with van der Waals surface area (Å²) in [5.74, 6) is 0. The summed E-state index contributed by atoms with van der Waals surface area (Å²) in [6.07, 6.45) is 6.44. The number of hydrogen-bond donors (Lipinski definition) is 1. The molecule has 12 heavy (non-hydrogen) atoms. The van der Waals surface area contributed by atoms with Crippen molar-refractivity contribution in [1.29, 1.82) is 0 Å². The molecular weight excluding hydrogens is 150 g/mol. The van der Waals surface area contributed by atoms with Gasteiger partial charge in [0.25, 0.3) is 0 Å². The molecule has 1 N–H and O–H groups in total. The molecule has 0 amide bonds. The van der Waals surface area contributed by atoms with E-state index in [1.54, 1.807) is 0 Å². The molecule has 2 aliphatic rings. The first-order chi connectivity index (χ1) is 5.62. The second-order valence-electron chi connectivity index (χ2n) is 4.77. The second kappa shape index (κ2) is 2.71. The van der Waals surface area contributed by atoms with E-state index >= 15 is 0 Å². The molecule has 0 unspecified atom stereocenters. The Morgan fingerprint density at radius 3 is 2.25 bits per heavy atom. The van der Waals surface area contributed by atoms with Gasteiger partial charge in [-0.2, -0.15) is 0 Å². The fourth-order valence-electron chi connectivity index (χ4n) is 2.38. The molecule has 1 saturated carbocycles. The average Bonchev–Trinajstić information content (AvgIpc) is 2.29. The van der Waals surface area contributed by atoms with Crippen molar-refractivity contribution in [3.63, 3.8) is 0 Å². The fourth-order valence-corrected chi connectivity index (χ4v) is 2.38. The van der Waals surface area contributed by atoms with Gasteiger partial charge in [-0.05, 0) is 39.5 Å². The SMILES string of the molecule is CC1(C)CNC2(CCCCC2)O1. The van der Waals surface area contributed by atoms with Crippen molar-refractivity contribution in [2.24, 2.45) is 0 Å². The van der Waals surface area contributed by atoms with E-state index in [-0.39, 0.29) is 11.3 Å². The molecule has 70 valence electrons. The Kier molecular flexibility index (Phi) is 1.92. The molecular formula is C10H19NO.